The SMILES string of the molecule is CC(C)OCCN(C)C(=NC1CCCCC1)NN. The van der Waals surface area contributed by atoms with Crippen LogP contribution in [0, 0.1) is 0 Å². The highest BCUT2D eigenvalue weighted by Crippen LogP contribution is 2.20. The summed E-state index contributed by atoms with van der Waals surface area (Å²) < 4.78 is 5.53. The fourth-order valence-corrected chi connectivity index (χ4v) is 2.16. The highest BCUT2D eigenvalue weighted by atomic mass is 16.5. The fraction of sp³-hybridized carbons (Fsp3) is 0.923. The third kappa shape index (κ3) is 5.69. The zero-order valence-corrected chi connectivity index (χ0v) is 12.0. The molecular weight excluding hydrogens is 228 g/mol. The van der Waals surface area contributed by atoms with E-state index in [1.807, 2.05) is 25.8 Å². The van der Waals surface area contributed by atoms with Crippen LogP contribution in [0.4, 0.5) is 0 Å². The predicted octanol–water partition coefficient (Wildman–Crippen LogP) is 1.50. The number of nitrogens with two attached hydrogens (primary N) is 1. The zero-order chi connectivity index (χ0) is 13.4. The molecule has 0 aromatic heterocycles. The van der Waals surface area contributed by atoms with Gasteiger partial charge in [0.2, 0.25) is 5.96 Å². The van der Waals surface area contributed by atoms with Crippen molar-refractivity contribution in [2.24, 2.45) is 10.8 Å². The summed E-state index contributed by atoms with van der Waals surface area (Å²) in [5.74, 6) is 6.33. The van der Waals surface area contributed by atoms with Gasteiger partial charge in [-0.2, -0.15) is 0 Å². The van der Waals surface area contributed by atoms with Gasteiger partial charge in [0.25, 0.3) is 0 Å². The fourth-order valence-electron chi connectivity index (χ4n) is 2.16. The Morgan fingerprint density at radius 3 is 2.61 bits per heavy atom. The second kappa shape index (κ2) is 8.32. The molecule has 1 rings (SSSR count). The number of likely N-dealkylation sites (N-methyl/N-ethyl adjacent to an activating group) is 1. The number of guanidine groups is 1. The Labute approximate surface area is 111 Å². The van der Waals surface area contributed by atoms with Crippen LogP contribution in [-0.4, -0.2) is 43.2 Å². The molecule has 1 fully saturated rings. The van der Waals surface area contributed by atoms with Crippen LogP contribution in [0.2, 0.25) is 0 Å². The minimum atomic E-state index is 0.267. The van der Waals surface area contributed by atoms with Crippen LogP contribution in [-0.2, 0) is 4.74 Å². The number of hydrogen-bond donors (Lipinski definition) is 2. The number of aliphatic imine (C=N–C) groups is 1. The summed E-state index contributed by atoms with van der Waals surface area (Å²) in [6.07, 6.45) is 6.54. The molecule has 0 heterocycles. The lowest BCUT2D eigenvalue weighted by Crippen LogP contribution is -2.45. The lowest BCUT2D eigenvalue weighted by molar-refractivity contribution is 0.0720. The highest BCUT2D eigenvalue weighted by Gasteiger charge is 2.14. The normalized spacial score (nSPS) is 18.2. The van der Waals surface area contributed by atoms with Crippen LogP contribution in [0.3, 0.4) is 0 Å². The average molecular weight is 256 g/mol. The van der Waals surface area contributed by atoms with E-state index in [4.69, 9.17) is 15.6 Å². The first kappa shape index (κ1) is 15.2. The van der Waals surface area contributed by atoms with Crippen LogP contribution in [0.15, 0.2) is 4.99 Å². The van der Waals surface area contributed by atoms with Gasteiger partial charge in [0, 0.05) is 13.6 Å². The smallest absolute Gasteiger partial charge is 0.208 e. The number of rotatable bonds is 5. The first-order chi connectivity index (χ1) is 8.63. The van der Waals surface area contributed by atoms with Crippen molar-refractivity contribution in [2.45, 2.75) is 58.1 Å². The third-order valence-corrected chi connectivity index (χ3v) is 3.25. The van der Waals surface area contributed by atoms with Gasteiger partial charge in [0.05, 0.1) is 18.8 Å². The standard InChI is InChI=1S/C13H28N4O/c1-11(2)18-10-9-17(3)13(16-14)15-12-7-5-4-6-8-12/h11-12H,4-10,14H2,1-3H3,(H,15,16). The van der Waals surface area contributed by atoms with Crippen LogP contribution in [0.5, 0.6) is 0 Å². The first-order valence-electron chi connectivity index (χ1n) is 7.00. The van der Waals surface area contributed by atoms with E-state index in [1.165, 1.54) is 32.1 Å². The van der Waals surface area contributed by atoms with Gasteiger partial charge in [-0.3, -0.25) is 5.43 Å². The number of hydrazine groups is 1. The molecule has 3 N–H and O–H groups in total. The maximum Gasteiger partial charge on any atom is 0.208 e. The summed E-state index contributed by atoms with van der Waals surface area (Å²) in [4.78, 5) is 6.73. The van der Waals surface area contributed by atoms with Crippen molar-refractivity contribution in [1.82, 2.24) is 10.3 Å². The molecule has 1 aliphatic rings. The lowest BCUT2D eigenvalue weighted by atomic mass is 9.96. The minimum Gasteiger partial charge on any atom is -0.377 e. The van der Waals surface area contributed by atoms with Crippen molar-refractivity contribution < 1.29 is 4.74 Å². The molecule has 0 aromatic rings. The number of hydrogen-bond acceptors (Lipinski definition) is 3. The molecule has 1 aliphatic carbocycles. The minimum absolute atomic E-state index is 0.267. The second-order valence-electron chi connectivity index (χ2n) is 5.23. The topological polar surface area (TPSA) is 62.9 Å². The predicted molar refractivity (Wildman–Crippen MR) is 75.3 cm³/mol. The molecule has 5 nitrogen and oxygen atoms in total. The van der Waals surface area contributed by atoms with E-state index in [0.717, 1.165) is 12.5 Å². The molecule has 0 amide bonds. The van der Waals surface area contributed by atoms with Gasteiger partial charge in [-0.15, -0.1) is 0 Å². The molecule has 0 spiro atoms. The van der Waals surface area contributed by atoms with Crippen molar-refractivity contribution >= 4 is 5.96 Å². The second-order valence-corrected chi connectivity index (χ2v) is 5.23. The summed E-state index contributed by atoms with van der Waals surface area (Å²) in [6.45, 7) is 5.57. The van der Waals surface area contributed by atoms with Crippen molar-refractivity contribution in [1.29, 1.82) is 0 Å². The molecular formula is C13H28N4O. The van der Waals surface area contributed by atoms with E-state index in [1.54, 1.807) is 0 Å². The molecule has 1 saturated carbocycles. The zero-order valence-electron chi connectivity index (χ0n) is 12.0. The molecule has 0 aliphatic heterocycles. The lowest BCUT2D eigenvalue weighted by Gasteiger charge is -2.24. The van der Waals surface area contributed by atoms with Crippen LogP contribution in [0.1, 0.15) is 46.0 Å². The van der Waals surface area contributed by atoms with E-state index in [9.17, 15) is 0 Å². The summed E-state index contributed by atoms with van der Waals surface area (Å²) in [5, 5.41) is 0. The van der Waals surface area contributed by atoms with Crippen molar-refractivity contribution in [3.63, 3.8) is 0 Å². The Morgan fingerprint density at radius 2 is 2.06 bits per heavy atom. The van der Waals surface area contributed by atoms with E-state index in [2.05, 4.69) is 5.43 Å². The van der Waals surface area contributed by atoms with Gasteiger partial charge < -0.3 is 9.64 Å². The Bertz CT molecular complexity index is 249. The number of ether oxygens (including phenoxy) is 1. The van der Waals surface area contributed by atoms with Gasteiger partial charge in [0.1, 0.15) is 0 Å². The Balaban J connectivity index is 2.39. The highest BCUT2D eigenvalue weighted by molar-refractivity contribution is 5.79. The van der Waals surface area contributed by atoms with Gasteiger partial charge in [-0.05, 0) is 26.7 Å². The summed E-state index contributed by atoms with van der Waals surface area (Å²) >= 11 is 0. The molecule has 5 heteroatoms. The molecule has 18 heavy (non-hydrogen) atoms. The molecule has 106 valence electrons. The number of nitrogens with zero attached hydrogens (tertiary/aromatic N) is 2. The van der Waals surface area contributed by atoms with Gasteiger partial charge in [-0.1, -0.05) is 19.3 Å². The van der Waals surface area contributed by atoms with Crippen molar-refractivity contribution in [3.8, 4) is 0 Å². The summed E-state index contributed by atoms with van der Waals surface area (Å²) in [6, 6.07) is 0.429. The molecule has 0 saturated heterocycles. The van der Waals surface area contributed by atoms with Gasteiger partial charge in [-0.25, -0.2) is 10.8 Å². The first-order valence-corrected chi connectivity index (χ1v) is 7.00. The molecule has 0 radical (unpaired) electrons. The van der Waals surface area contributed by atoms with Crippen LogP contribution >= 0.6 is 0 Å². The molecule has 0 atom stereocenters. The van der Waals surface area contributed by atoms with Gasteiger partial charge in [0.15, 0.2) is 0 Å². The average Bonchev–Trinajstić information content (AvgIpc) is 2.36. The largest absolute Gasteiger partial charge is 0.377 e. The Kier molecular flexibility index (Phi) is 7.05. The van der Waals surface area contributed by atoms with E-state index in [-0.39, 0.29) is 6.10 Å². The maximum atomic E-state index is 5.56. The molecule has 0 unspecified atom stereocenters. The third-order valence-electron chi connectivity index (χ3n) is 3.25. The Morgan fingerprint density at radius 1 is 1.39 bits per heavy atom. The molecule has 0 bridgehead atoms. The maximum absolute atomic E-state index is 5.56. The van der Waals surface area contributed by atoms with E-state index in [0.29, 0.717) is 12.6 Å². The quantitative estimate of drug-likeness (QED) is 0.339. The van der Waals surface area contributed by atoms with Crippen LogP contribution < -0.4 is 11.3 Å². The van der Waals surface area contributed by atoms with Crippen molar-refractivity contribution in [3.05, 3.63) is 0 Å². The molecule has 0 aromatic carbocycles. The van der Waals surface area contributed by atoms with E-state index < -0.39 is 0 Å². The summed E-state index contributed by atoms with van der Waals surface area (Å²) in [7, 11) is 1.99. The van der Waals surface area contributed by atoms with Crippen molar-refractivity contribution in [2.75, 3.05) is 20.2 Å². The summed E-state index contributed by atoms with van der Waals surface area (Å²) in [5.41, 5.74) is 2.71. The monoisotopic (exact) mass is 256 g/mol. The van der Waals surface area contributed by atoms with Gasteiger partial charge >= 0.3 is 0 Å². The van der Waals surface area contributed by atoms with Crippen LogP contribution in [0.25, 0.3) is 0 Å². The number of nitrogens with one attached hydrogen (secondary N) is 1. The van der Waals surface area contributed by atoms with E-state index >= 15 is 0 Å². The Hall–Kier alpha value is -0.810.